The van der Waals surface area contributed by atoms with Crippen LogP contribution < -0.4 is 15.5 Å². The van der Waals surface area contributed by atoms with Crippen LogP contribution in [0.2, 0.25) is 0 Å². The molecule has 2 aromatic heterocycles. The lowest BCUT2D eigenvalue weighted by molar-refractivity contribution is 0.475. The number of nitrogens with two attached hydrogens (primary N) is 1. The monoisotopic (exact) mass is 260 g/mol. The molecule has 3 rings (SSSR count). The average Bonchev–Trinajstić information content (AvgIpc) is 2.97. The van der Waals surface area contributed by atoms with Crippen molar-refractivity contribution in [2.24, 2.45) is 5.73 Å². The van der Waals surface area contributed by atoms with Crippen LogP contribution in [0, 0.1) is 0 Å². The van der Waals surface area contributed by atoms with Gasteiger partial charge in [0.1, 0.15) is 5.82 Å². The highest BCUT2D eigenvalue weighted by Crippen LogP contribution is 2.17. The van der Waals surface area contributed by atoms with E-state index in [1.165, 1.54) is 0 Å². The quantitative estimate of drug-likeness (QED) is 0.846. The zero-order valence-electron chi connectivity index (χ0n) is 10.6. The second kappa shape index (κ2) is 5.23. The third kappa shape index (κ3) is 2.50. The summed E-state index contributed by atoms with van der Waals surface area (Å²) in [7, 11) is 0. The van der Waals surface area contributed by atoms with Crippen LogP contribution in [0.25, 0.3) is 0 Å². The number of hydrogen-bond acceptors (Lipinski definition) is 7. The molecule has 0 aromatic carbocycles. The Bertz CT molecular complexity index is 520. The van der Waals surface area contributed by atoms with Gasteiger partial charge in [-0.3, -0.25) is 0 Å². The van der Waals surface area contributed by atoms with E-state index in [1.807, 2.05) is 24.4 Å². The number of hydrogen-bond donors (Lipinski definition) is 1. The van der Waals surface area contributed by atoms with Crippen LogP contribution in [0.5, 0.6) is 0 Å². The first-order valence-electron chi connectivity index (χ1n) is 6.30. The summed E-state index contributed by atoms with van der Waals surface area (Å²) in [6.45, 7) is 3.72. The van der Waals surface area contributed by atoms with E-state index in [0.717, 1.165) is 32.0 Å². The molecule has 0 unspecified atom stereocenters. The molecule has 100 valence electrons. The van der Waals surface area contributed by atoms with Crippen LogP contribution in [-0.4, -0.2) is 41.4 Å². The van der Waals surface area contributed by atoms with Crippen LogP contribution in [0.4, 0.5) is 11.8 Å². The molecule has 2 N–H and O–H groups in total. The van der Waals surface area contributed by atoms with Gasteiger partial charge >= 0.3 is 6.01 Å². The van der Waals surface area contributed by atoms with Crippen molar-refractivity contribution in [3.63, 3.8) is 0 Å². The van der Waals surface area contributed by atoms with E-state index in [-0.39, 0.29) is 6.54 Å². The Kier molecular flexibility index (Phi) is 3.28. The molecule has 0 radical (unpaired) electrons. The van der Waals surface area contributed by atoms with Gasteiger partial charge in [0.15, 0.2) is 0 Å². The summed E-state index contributed by atoms with van der Waals surface area (Å²) >= 11 is 0. The molecular formula is C12H16N6O. The minimum atomic E-state index is 0.279. The summed E-state index contributed by atoms with van der Waals surface area (Å²) in [5, 5.41) is 7.88. The summed E-state index contributed by atoms with van der Waals surface area (Å²) in [6, 6.07) is 6.50. The summed E-state index contributed by atoms with van der Waals surface area (Å²) in [5.41, 5.74) is 5.46. The molecule has 0 aliphatic carbocycles. The first-order chi connectivity index (χ1) is 9.36. The van der Waals surface area contributed by atoms with Gasteiger partial charge in [0, 0.05) is 32.4 Å². The number of nitrogens with zero attached hydrogens (tertiary/aromatic N) is 5. The Balaban J connectivity index is 1.63. The highest BCUT2D eigenvalue weighted by atomic mass is 16.4. The topological polar surface area (TPSA) is 84.3 Å². The van der Waals surface area contributed by atoms with Crippen LogP contribution >= 0.6 is 0 Å². The number of pyridine rings is 1. The molecule has 0 amide bonds. The second-order valence-electron chi connectivity index (χ2n) is 4.34. The van der Waals surface area contributed by atoms with E-state index in [1.54, 1.807) is 0 Å². The lowest BCUT2D eigenvalue weighted by atomic mass is 10.3. The maximum Gasteiger partial charge on any atom is 0.318 e. The third-order valence-electron chi connectivity index (χ3n) is 3.15. The van der Waals surface area contributed by atoms with Gasteiger partial charge in [-0.2, -0.15) is 0 Å². The molecule has 1 aliphatic rings. The van der Waals surface area contributed by atoms with Crippen LogP contribution in [0.3, 0.4) is 0 Å². The lowest BCUT2D eigenvalue weighted by Crippen LogP contribution is -2.47. The number of piperazine rings is 1. The zero-order chi connectivity index (χ0) is 13.1. The van der Waals surface area contributed by atoms with Gasteiger partial charge in [-0.25, -0.2) is 4.98 Å². The molecule has 0 bridgehead atoms. The molecule has 19 heavy (non-hydrogen) atoms. The van der Waals surface area contributed by atoms with Crippen LogP contribution in [-0.2, 0) is 6.54 Å². The molecule has 1 fully saturated rings. The van der Waals surface area contributed by atoms with Crippen molar-refractivity contribution in [2.75, 3.05) is 36.0 Å². The van der Waals surface area contributed by atoms with Gasteiger partial charge in [0.25, 0.3) is 0 Å². The highest BCUT2D eigenvalue weighted by Gasteiger charge is 2.21. The van der Waals surface area contributed by atoms with E-state index in [2.05, 4.69) is 25.0 Å². The molecule has 7 nitrogen and oxygen atoms in total. The van der Waals surface area contributed by atoms with Crippen molar-refractivity contribution in [3.05, 3.63) is 30.3 Å². The predicted molar refractivity (Wildman–Crippen MR) is 70.9 cm³/mol. The normalized spacial score (nSPS) is 15.8. The SMILES string of the molecule is NCc1nnc(N2CCN(c3ccccn3)CC2)o1. The minimum Gasteiger partial charge on any atom is -0.407 e. The first-order valence-corrected chi connectivity index (χ1v) is 6.30. The fourth-order valence-electron chi connectivity index (χ4n) is 2.12. The fraction of sp³-hybridized carbons (Fsp3) is 0.417. The number of aromatic nitrogens is 3. The van der Waals surface area contributed by atoms with Crippen molar-refractivity contribution in [2.45, 2.75) is 6.54 Å². The molecule has 7 heteroatoms. The Morgan fingerprint density at radius 1 is 1.11 bits per heavy atom. The molecule has 3 heterocycles. The van der Waals surface area contributed by atoms with E-state index >= 15 is 0 Å². The smallest absolute Gasteiger partial charge is 0.318 e. The van der Waals surface area contributed by atoms with E-state index in [9.17, 15) is 0 Å². The highest BCUT2D eigenvalue weighted by molar-refractivity contribution is 5.41. The number of anilines is 2. The Labute approximate surface area is 111 Å². The predicted octanol–water partition coefficient (Wildman–Crippen LogP) is 0.250. The molecule has 2 aromatic rings. The van der Waals surface area contributed by atoms with E-state index in [4.69, 9.17) is 10.2 Å². The van der Waals surface area contributed by atoms with Crippen molar-refractivity contribution >= 4 is 11.8 Å². The van der Waals surface area contributed by atoms with Gasteiger partial charge in [-0.1, -0.05) is 11.2 Å². The first kappa shape index (κ1) is 11.9. The van der Waals surface area contributed by atoms with Crippen molar-refractivity contribution < 1.29 is 4.42 Å². The lowest BCUT2D eigenvalue weighted by Gasteiger charge is -2.34. The van der Waals surface area contributed by atoms with Crippen molar-refractivity contribution in [1.82, 2.24) is 15.2 Å². The largest absolute Gasteiger partial charge is 0.407 e. The summed E-state index contributed by atoms with van der Waals surface area (Å²) in [4.78, 5) is 8.68. The standard InChI is InChI=1S/C12H16N6O/c13-9-11-15-16-12(19-11)18-7-5-17(6-8-18)10-3-1-2-4-14-10/h1-4H,5-9,13H2. The summed E-state index contributed by atoms with van der Waals surface area (Å²) in [5.74, 6) is 1.48. The minimum absolute atomic E-state index is 0.279. The van der Waals surface area contributed by atoms with Crippen LogP contribution in [0.1, 0.15) is 5.89 Å². The van der Waals surface area contributed by atoms with Crippen LogP contribution in [0.15, 0.2) is 28.8 Å². The van der Waals surface area contributed by atoms with E-state index in [0.29, 0.717) is 11.9 Å². The molecule has 0 atom stereocenters. The van der Waals surface area contributed by atoms with Crippen molar-refractivity contribution in [1.29, 1.82) is 0 Å². The summed E-state index contributed by atoms with van der Waals surface area (Å²) in [6.07, 6.45) is 1.81. The van der Waals surface area contributed by atoms with Gasteiger partial charge in [-0.05, 0) is 12.1 Å². The Hall–Kier alpha value is -2.15. The Morgan fingerprint density at radius 3 is 2.53 bits per heavy atom. The van der Waals surface area contributed by atoms with Crippen molar-refractivity contribution in [3.8, 4) is 0 Å². The fourth-order valence-corrected chi connectivity index (χ4v) is 2.12. The number of rotatable bonds is 3. The van der Waals surface area contributed by atoms with Gasteiger partial charge in [0.05, 0.1) is 6.54 Å². The molecule has 1 aliphatic heterocycles. The molecule has 1 saturated heterocycles. The zero-order valence-corrected chi connectivity index (χ0v) is 10.6. The maximum atomic E-state index is 5.46. The summed E-state index contributed by atoms with van der Waals surface area (Å²) < 4.78 is 5.46. The average molecular weight is 260 g/mol. The molecular weight excluding hydrogens is 244 g/mol. The van der Waals surface area contributed by atoms with Gasteiger partial charge in [-0.15, -0.1) is 5.10 Å². The molecule has 0 saturated carbocycles. The van der Waals surface area contributed by atoms with Gasteiger partial charge in [0.2, 0.25) is 5.89 Å². The van der Waals surface area contributed by atoms with E-state index < -0.39 is 0 Å². The third-order valence-corrected chi connectivity index (χ3v) is 3.15. The molecule has 0 spiro atoms. The second-order valence-corrected chi connectivity index (χ2v) is 4.34. The Morgan fingerprint density at radius 2 is 1.89 bits per heavy atom. The van der Waals surface area contributed by atoms with Gasteiger partial charge < -0.3 is 20.0 Å². The maximum absolute atomic E-state index is 5.46.